The first-order valence-electron chi connectivity index (χ1n) is 5.60. The van der Waals surface area contributed by atoms with Crippen molar-refractivity contribution in [2.24, 2.45) is 0 Å². The first-order chi connectivity index (χ1) is 8.56. The molecule has 0 spiro atoms. The fraction of sp³-hybridized carbons (Fsp3) is 0.308. The summed E-state index contributed by atoms with van der Waals surface area (Å²) < 4.78 is 22.8. The van der Waals surface area contributed by atoms with E-state index in [0.29, 0.717) is 11.0 Å². The summed E-state index contributed by atoms with van der Waals surface area (Å²) in [7, 11) is 0. The molecule has 0 radical (unpaired) electrons. The third-order valence-corrected chi connectivity index (χ3v) is 2.47. The smallest absolute Gasteiger partial charge is 0.336 e. The molecule has 4 nitrogen and oxygen atoms in total. The molecule has 1 N–H and O–H groups in total. The molecule has 0 bridgehead atoms. The topological polar surface area (TPSA) is 59.7 Å². The summed E-state index contributed by atoms with van der Waals surface area (Å²) in [4.78, 5) is 11.1. The average Bonchev–Trinajstić information content (AvgIpc) is 2.30. The van der Waals surface area contributed by atoms with Gasteiger partial charge in [-0.25, -0.2) is 9.18 Å². The van der Waals surface area contributed by atoms with Crippen LogP contribution in [0.2, 0.25) is 0 Å². The zero-order valence-corrected chi connectivity index (χ0v) is 9.85. The maximum Gasteiger partial charge on any atom is 0.336 e. The predicted octanol–water partition coefficient (Wildman–Crippen LogP) is 2.63. The Labute approximate surface area is 103 Å². The number of fused-ring (bicyclic) bond motifs is 1. The largest absolute Gasteiger partial charge is 0.504 e. The van der Waals surface area contributed by atoms with E-state index in [2.05, 4.69) is 0 Å². The third kappa shape index (κ3) is 2.80. The minimum atomic E-state index is -0.967. The molecule has 0 aliphatic carbocycles. The minimum absolute atomic E-state index is 0.0668. The van der Waals surface area contributed by atoms with E-state index in [1.165, 1.54) is 25.1 Å². The molecule has 96 valence electrons. The van der Waals surface area contributed by atoms with Crippen molar-refractivity contribution in [1.82, 2.24) is 0 Å². The molecule has 0 saturated heterocycles. The van der Waals surface area contributed by atoms with Gasteiger partial charge >= 0.3 is 5.63 Å². The van der Waals surface area contributed by atoms with Crippen LogP contribution in [0, 0.1) is 0 Å². The predicted molar refractivity (Wildman–Crippen MR) is 64.8 cm³/mol. The average molecular weight is 252 g/mol. The Morgan fingerprint density at radius 1 is 1.44 bits per heavy atom. The Bertz CT molecular complexity index is 603. The van der Waals surface area contributed by atoms with E-state index >= 15 is 0 Å². The molecule has 1 heterocycles. The molecule has 0 saturated carbocycles. The molecule has 2 rings (SSSR count). The van der Waals surface area contributed by atoms with Crippen molar-refractivity contribution in [3.05, 3.63) is 34.7 Å². The highest BCUT2D eigenvalue weighted by Crippen LogP contribution is 2.30. The van der Waals surface area contributed by atoms with E-state index in [4.69, 9.17) is 9.15 Å². The molecule has 2 aromatic rings. The van der Waals surface area contributed by atoms with Gasteiger partial charge in [0.2, 0.25) is 0 Å². The van der Waals surface area contributed by atoms with Gasteiger partial charge in [-0.2, -0.15) is 0 Å². The van der Waals surface area contributed by atoms with Crippen molar-refractivity contribution in [2.75, 3.05) is 6.61 Å². The van der Waals surface area contributed by atoms with Gasteiger partial charge in [0.25, 0.3) is 0 Å². The van der Waals surface area contributed by atoms with Gasteiger partial charge in [0.15, 0.2) is 11.5 Å². The van der Waals surface area contributed by atoms with Crippen molar-refractivity contribution in [3.63, 3.8) is 0 Å². The zero-order chi connectivity index (χ0) is 13.1. The van der Waals surface area contributed by atoms with Crippen LogP contribution < -0.4 is 10.4 Å². The summed E-state index contributed by atoms with van der Waals surface area (Å²) in [6, 6.07) is 5.68. The van der Waals surface area contributed by atoms with Gasteiger partial charge in [-0.05, 0) is 19.1 Å². The quantitative estimate of drug-likeness (QED) is 0.850. The van der Waals surface area contributed by atoms with E-state index in [0.717, 1.165) is 0 Å². The zero-order valence-electron chi connectivity index (χ0n) is 9.85. The van der Waals surface area contributed by atoms with Crippen LogP contribution in [0.1, 0.15) is 13.3 Å². The van der Waals surface area contributed by atoms with Crippen molar-refractivity contribution in [2.45, 2.75) is 19.5 Å². The SMILES string of the molecule is CC(F)CCOc1cc2oc(=O)ccc2cc1O. The van der Waals surface area contributed by atoms with Crippen LogP contribution in [-0.4, -0.2) is 17.9 Å². The van der Waals surface area contributed by atoms with Crippen molar-refractivity contribution in [3.8, 4) is 11.5 Å². The van der Waals surface area contributed by atoms with E-state index in [1.807, 2.05) is 0 Å². The summed E-state index contributed by atoms with van der Waals surface area (Å²) >= 11 is 0. The minimum Gasteiger partial charge on any atom is -0.504 e. The Morgan fingerprint density at radius 3 is 2.94 bits per heavy atom. The summed E-state index contributed by atoms with van der Waals surface area (Å²) in [5, 5.41) is 10.3. The van der Waals surface area contributed by atoms with Gasteiger partial charge in [-0.1, -0.05) is 0 Å². The van der Waals surface area contributed by atoms with Crippen LogP contribution in [-0.2, 0) is 0 Å². The lowest BCUT2D eigenvalue weighted by atomic mass is 10.2. The van der Waals surface area contributed by atoms with Gasteiger partial charge in [-0.15, -0.1) is 0 Å². The molecule has 1 aromatic carbocycles. The second-order valence-electron chi connectivity index (χ2n) is 4.03. The van der Waals surface area contributed by atoms with Crippen LogP contribution in [0.25, 0.3) is 11.0 Å². The molecule has 1 unspecified atom stereocenters. The first-order valence-corrected chi connectivity index (χ1v) is 5.60. The second kappa shape index (κ2) is 5.08. The number of hydrogen-bond donors (Lipinski definition) is 1. The highest BCUT2D eigenvalue weighted by molar-refractivity contribution is 5.80. The van der Waals surface area contributed by atoms with Crippen molar-refractivity contribution >= 4 is 11.0 Å². The van der Waals surface area contributed by atoms with E-state index in [9.17, 15) is 14.3 Å². The Kier molecular flexibility index (Phi) is 3.50. The van der Waals surface area contributed by atoms with Gasteiger partial charge in [-0.3, -0.25) is 0 Å². The number of phenols is 1. The lowest BCUT2D eigenvalue weighted by Gasteiger charge is -2.09. The molecule has 18 heavy (non-hydrogen) atoms. The molecule has 0 fully saturated rings. The second-order valence-corrected chi connectivity index (χ2v) is 4.03. The normalized spacial score (nSPS) is 12.6. The summed E-state index contributed by atoms with van der Waals surface area (Å²) in [5.74, 6) is 0.111. The van der Waals surface area contributed by atoms with Crippen LogP contribution in [0.5, 0.6) is 11.5 Å². The van der Waals surface area contributed by atoms with Crippen LogP contribution >= 0.6 is 0 Å². The van der Waals surface area contributed by atoms with Crippen molar-refractivity contribution < 1.29 is 18.7 Å². The number of benzene rings is 1. The van der Waals surface area contributed by atoms with Gasteiger partial charge < -0.3 is 14.3 Å². The monoisotopic (exact) mass is 252 g/mol. The molecular formula is C13H13FO4. The van der Waals surface area contributed by atoms with Gasteiger partial charge in [0.1, 0.15) is 11.8 Å². The molecule has 0 amide bonds. The number of alkyl halides is 1. The third-order valence-electron chi connectivity index (χ3n) is 2.47. The first kappa shape index (κ1) is 12.4. The number of phenolic OH excluding ortho intramolecular Hbond substituents is 1. The summed E-state index contributed by atoms with van der Waals surface area (Å²) in [6.07, 6.45) is -0.735. The molecule has 1 aromatic heterocycles. The molecule has 0 aliphatic rings. The van der Waals surface area contributed by atoms with Crippen LogP contribution in [0.15, 0.2) is 33.5 Å². The number of hydrogen-bond acceptors (Lipinski definition) is 4. The number of aromatic hydroxyl groups is 1. The van der Waals surface area contributed by atoms with E-state index in [-0.39, 0.29) is 24.5 Å². The Hall–Kier alpha value is -2.04. The number of ether oxygens (including phenoxy) is 1. The summed E-state index contributed by atoms with van der Waals surface area (Å²) in [5.41, 5.74) is -0.153. The lowest BCUT2D eigenvalue weighted by molar-refractivity contribution is 0.240. The van der Waals surface area contributed by atoms with E-state index < -0.39 is 11.8 Å². The Balaban J connectivity index is 2.27. The lowest BCUT2D eigenvalue weighted by Crippen LogP contribution is -2.04. The number of halogens is 1. The van der Waals surface area contributed by atoms with Crippen LogP contribution in [0.3, 0.4) is 0 Å². The molecule has 1 atom stereocenters. The van der Waals surface area contributed by atoms with Crippen molar-refractivity contribution in [1.29, 1.82) is 0 Å². The maximum atomic E-state index is 12.6. The Morgan fingerprint density at radius 2 is 2.22 bits per heavy atom. The maximum absolute atomic E-state index is 12.6. The summed E-state index contributed by atoms with van der Waals surface area (Å²) in [6.45, 7) is 1.58. The molecular weight excluding hydrogens is 239 g/mol. The number of rotatable bonds is 4. The fourth-order valence-electron chi connectivity index (χ4n) is 1.53. The fourth-order valence-corrected chi connectivity index (χ4v) is 1.53. The highest BCUT2D eigenvalue weighted by atomic mass is 19.1. The van der Waals surface area contributed by atoms with Crippen LogP contribution in [0.4, 0.5) is 4.39 Å². The van der Waals surface area contributed by atoms with Gasteiger partial charge in [0, 0.05) is 23.9 Å². The molecule has 0 aliphatic heterocycles. The standard InChI is InChI=1S/C13H13FO4/c1-8(14)4-5-17-12-7-11-9(6-10(12)15)2-3-13(16)18-11/h2-3,6-8,15H,4-5H2,1H3. The van der Waals surface area contributed by atoms with Gasteiger partial charge in [0.05, 0.1) is 6.61 Å². The highest BCUT2D eigenvalue weighted by Gasteiger charge is 2.08. The van der Waals surface area contributed by atoms with E-state index in [1.54, 1.807) is 6.07 Å². The molecule has 5 heteroatoms.